The van der Waals surface area contributed by atoms with Crippen LogP contribution in [0.3, 0.4) is 0 Å². The number of anilines is 1. The summed E-state index contributed by atoms with van der Waals surface area (Å²) in [7, 11) is 3.17. The van der Waals surface area contributed by atoms with E-state index in [0.29, 0.717) is 17.2 Å². The van der Waals surface area contributed by atoms with Gasteiger partial charge in [-0.05, 0) is 36.6 Å². The topological polar surface area (TPSA) is 60.5 Å². The maximum absolute atomic E-state index is 12.0. The molecule has 120 valence electrons. The molecule has 0 radical (unpaired) electrons. The SMILES string of the molecule is COc1ccc(/C=C/C(=O)Nc2ccc(SC)nc2)c(OC)c1. The lowest BCUT2D eigenvalue weighted by Gasteiger charge is -2.07. The number of amides is 1. The molecule has 23 heavy (non-hydrogen) atoms. The molecule has 1 N–H and O–H groups in total. The van der Waals surface area contributed by atoms with Crippen molar-refractivity contribution < 1.29 is 14.3 Å². The maximum Gasteiger partial charge on any atom is 0.248 e. The minimum Gasteiger partial charge on any atom is -0.497 e. The summed E-state index contributed by atoms with van der Waals surface area (Å²) < 4.78 is 10.4. The van der Waals surface area contributed by atoms with E-state index in [4.69, 9.17) is 9.47 Å². The summed E-state index contributed by atoms with van der Waals surface area (Å²) in [6.45, 7) is 0. The molecular formula is C17H18N2O3S. The predicted octanol–water partition coefficient (Wildman–Crippen LogP) is 3.47. The molecule has 0 spiro atoms. The Hall–Kier alpha value is -2.47. The fraction of sp³-hybridized carbons (Fsp3) is 0.176. The number of hydrogen-bond donors (Lipinski definition) is 1. The number of hydrogen-bond acceptors (Lipinski definition) is 5. The average molecular weight is 330 g/mol. The van der Waals surface area contributed by atoms with Crippen LogP contribution < -0.4 is 14.8 Å². The molecule has 1 heterocycles. The van der Waals surface area contributed by atoms with Crippen LogP contribution in [0.25, 0.3) is 6.08 Å². The van der Waals surface area contributed by atoms with Gasteiger partial charge in [0.25, 0.3) is 0 Å². The molecule has 1 aromatic heterocycles. The van der Waals surface area contributed by atoms with Crippen LogP contribution in [0.2, 0.25) is 0 Å². The number of carbonyl (C=O) groups excluding carboxylic acids is 1. The first kappa shape index (κ1) is 16.9. The second-order valence-corrected chi connectivity index (χ2v) is 5.35. The number of pyridine rings is 1. The van der Waals surface area contributed by atoms with Crippen molar-refractivity contribution in [2.45, 2.75) is 5.03 Å². The molecule has 0 fully saturated rings. The van der Waals surface area contributed by atoms with Crippen molar-refractivity contribution in [2.75, 3.05) is 25.8 Å². The third kappa shape index (κ3) is 4.75. The number of thioether (sulfide) groups is 1. The summed E-state index contributed by atoms with van der Waals surface area (Å²) in [6, 6.07) is 9.08. The molecule has 0 aliphatic rings. The second-order valence-electron chi connectivity index (χ2n) is 4.52. The molecule has 0 saturated heterocycles. The van der Waals surface area contributed by atoms with Crippen molar-refractivity contribution in [3.05, 3.63) is 48.2 Å². The van der Waals surface area contributed by atoms with Crippen LogP contribution in [0, 0.1) is 0 Å². The number of nitrogens with zero attached hydrogens (tertiary/aromatic N) is 1. The highest BCUT2D eigenvalue weighted by atomic mass is 32.2. The average Bonchev–Trinajstić information content (AvgIpc) is 2.60. The van der Waals surface area contributed by atoms with Crippen LogP contribution in [0.4, 0.5) is 5.69 Å². The van der Waals surface area contributed by atoms with Gasteiger partial charge >= 0.3 is 0 Å². The molecule has 5 nitrogen and oxygen atoms in total. The minimum atomic E-state index is -0.235. The molecule has 0 atom stereocenters. The number of carbonyl (C=O) groups is 1. The maximum atomic E-state index is 12.0. The van der Waals surface area contributed by atoms with Crippen LogP contribution in [-0.4, -0.2) is 31.4 Å². The molecule has 1 aromatic carbocycles. The van der Waals surface area contributed by atoms with E-state index in [9.17, 15) is 4.79 Å². The summed E-state index contributed by atoms with van der Waals surface area (Å²) in [5.74, 6) is 1.10. The molecule has 2 aromatic rings. The monoisotopic (exact) mass is 330 g/mol. The fourth-order valence-corrected chi connectivity index (χ4v) is 2.24. The largest absolute Gasteiger partial charge is 0.497 e. The first-order valence-electron chi connectivity index (χ1n) is 6.87. The standard InChI is InChI=1S/C17H18N2O3S/c1-21-14-7-4-12(15(10-14)22-2)5-8-16(20)19-13-6-9-17(23-3)18-11-13/h4-11H,1-3H3,(H,19,20)/b8-5+. The number of nitrogens with one attached hydrogen (secondary N) is 1. The molecule has 0 aliphatic heterocycles. The number of ether oxygens (including phenoxy) is 2. The van der Waals surface area contributed by atoms with Crippen molar-refractivity contribution in [2.24, 2.45) is 0 Å². The van der Waals surface area contributed by atoms with E-state index in [1.807, 2.05) is 30.5 Å². The zero-order valence-corrected chi connectivity index (χ0v) is 14.0. The van der Waals surface area contributed by atoms with E-state index in [1.165, 1.54) is 6.08 Å². The zero-order valence-electron chi connectivity index (χ0n) is 13.2. The van der Waals surface area contributed by atoms with Crippen molar-refractivity contribution in [1.82, 2.24) is 4.98 Å². The highest BCUT2D eigenvalue weighted by Gasteiger charge is 2.03. The highest BCUT2D eigenvalue weighted by Crippen LogP contribution is 2.25. The van der Waals surface area contributed by atoms with Gasteiger partial charge in [0.1, 0.15) is 11.5 Å². The number of methoxy groups -OCH3 is 2. The molecule has 6 heteroatoms. The van der Waals surface area contributed by atoms with E-state index in [1.54, 1.807) is 44.3 Å². The lowest BCUT2D eigenvalue weighted by Crippen LogP contribution is -2.07. The molecule has 0 bridgehead atoms. The van der Waals surface area contributed by atoms with E-state index >= 15 is 0 Å². The van der Waals surface area contributed by atoms with Gasteiger partial charge in [-0.1, -0.05) is 0 Å². The Balaban J connectivity index is 2.05. The lowest BCUT2D eigenvalue weighted by atomic mass is 10.1. The Bertz CT molecular complexity index is 699. The van der Waals surface area contributed by atoms with E-state index < -0.39 is 0 Å². The van der Waals surface area contributed by atoms with E-state index in [-0.39, 0.29) is 5.91 Å². The summed E-state index contributed by atoms with van der Waals surface area (Å²) in [5, 5.41) is 3.66. The quantitative estimate of drug-likeness (QED) is 0.649. The van der Waals surface area contributed by atoms with Gasteiger partial charge in [-0.2, -0.15) is 0 Å². The van der Waals surface area contributed by atoms with Gasteiger partial charge in [-0.3, -0.25) is 4.79 Å². The van der Waals surface area contributed by atoms with Crippen LogP contribution in [-0.2, 0) is 4.79 Å². The number of aromatic nitrogens is 1. The van der Waals surface area contributed by atoms with Gasteiger partial charge in [-0.25, -0.2) is 4.98 Å². The number of rotatable bonds is 6. The third-order valence-corrected chi connectivity index (χ3v) is 3.73. The molecule has 2 rings (SSSR count). The predicted molar refractivity (Wildman–Crippen MR) is 93.2 cm³/mol. The molecule has 0 unspecified atom stereocenters. The molecular weight excluding hydrogens is 312 g/mol. The molecule has 1 amide bonds. The number of benzene rings is 1. The lowest BCUT2D eigenvalue weighted by molar-refractivity contribution is -0.111. The van der Waals surface area contributed by atoms with Crippen LogP contribution >= 0.6 is 11.8 Å². The molecule has 0 saturated carbocycles. The van der Waals surface area contributed by atoms with Gasteiger partial charge in [0, 0.05) is 17.7 Å². The Labute approximate surface area is 139 Å². The van der Waals surface area contributed by atoms with Crippen molar-refractivity contribution in [1.29, 1.82) is 0 Å². The Morgan fingerprint density at radius 1 is 1.22 bits per heavy atom. The van der Waals surface area contributed by atoms with Crippen molar-refractivity contribution >= 4 is 29.4 Å². The Kier molecular flexibility index (Phi) is 6.05. The van der Waals surface area contributed by atoms with Gasteiger partial charge in [0.05, 0.1) is 31.1 Å². The van der Waals surface area contributed by atoms with Gasteiger partial charge in [-0.15, -0.1) is 11.8 Å². The Morgan fingerprint density at radius 2 is 2.04 bits per heavy atom. The fourth-order valence-electron chi connectivity index (χ4n) is 1.88. The van der Waals surface area contributed by atoms with Crippen LogP contribution in [0.5, 0.6) is 11.5 Å². The Morgan fingerprint density at radius 3 is 2.65 bits per heavy atom. The van der Waals surface area contributed by atoms with Gasteiger partial charge in [0.15, 0.2) is 0 Å². The molecule has 0 aliphatic carbocycles. The van der Waals surface area contributed by atoms with E-state index in [0.717, 1.165) is 10.6 Å². The van der Waals surface area contributed by atoms with Gasteiger partial charge < -0.3 is 14.8 Å². The summed E-state index contributed by atoms with van der Waals surface area (Å²) >= 11 is 1.55. The minimum absolute atomic E-state index is 0.235. The summed E-state index contributed by atoms with van der Waals surface area (Å²) in [5.41, 5.74) is 1.44. The van der Waals surface area contributed by atoms with Crippen LogP contribution in [0.1, 0.15) is 5.56 Å². The van der Waals surface area contributed by atoms with Crippen molar-refractivity contribution in [3.8, 4) is 11.5 Å². The normalized spacial score (nSPS) is 10.6. The smallest absolute Gasteiger partial charge is 0.248 e. The van der Waals surface area contributed by atoms with Crippen molar-refractivity contribution in [3.63, 3.8) is 0 Å². The summed E-state index contributed by atoms with van der Waals surface area (Å²) in [6.07, 6.45) is 6.72. The first-order chi connectivity index (χ1) is 11.2. The highest BCUT2D eigenvalue weighted by molar-refractivity contribution is 7.98. The zero-order chi connectivity index (χ0) is 16.7. The van der Waals surface area contributed by atoms with E-state index in [2.05, 4.69) is 10.3 Å². The third-order valence-electron chi connectivity index (χ3n) is 3.07. The summed E-state index contributed by atoms with van der Waals surface area (Å²) in [4.78, 5) is 16.2. The second kappa shape index (κ2) is 8.24. The van der Waals surface area contributed by atoms with Gasteiger partial charge in [0.2, 0.25) is 5.91 Å². The first-order valence-corrected chi connectivity index (χ1v) is 8.10. The van der Waals surface area contributed by atoms with Crippen LogP contribution in [0.15, 0.2) is 47.6 Å².